The van der Waals surface area contributed by atoms with Crippen LogP contribution in [0.4, 0.5) is 11.4 Å². The number of hydrogen-bond acceptors (Lipinski definition) is 7. The van der Waals surface area contributed by atoms with E-state index in [0.29, 0.717) is 0 Å². The first-order chi connectivity index (χ1) is 12.0. The zero-order valence-corrected chi connectivity index (χ0v) is 13.3. The number of hydrogen-bond donors (Lipinski definition) is 3. The molecule has 0 atom stereocenters. The van der Waals surface area contributed by atoms with E-state index in [1.54, 1.807) is 0 Å². The van der Waals surface area contributed by atoms with Crippen molar-refractivity contribution in [2.75, 3.05) is 19.0 Å². The highest BCUT2D eigenvalue weighted by Crippen LogP contribution is 2.33. The topological polar surface area (TPSA) is 126 Å². The average molecular weight is 344 g/mol. The van der Waals surface area contributed by atoms with Gasteiger partial charge >= 0.3 is 5.69 Å². The maximum absolute atomic E-state index is 11.7. The quantitative estimate of drug-likeness (QED) is 0.400. The number of amides is 1. The predicted molar refractivity (Wildman–Crippen MR) is 92.0 cm³/mol. The number of hydrazone groups is 1. The molecule has 0 spiro atoms. The summed E-state index contributed by atoms with van der Waals surface area (Å²) in [6.07, 6.45) is 1.10. The van der Waals surface area contributed by atoms with Gasteiger partial charge in [-0.3, -0.25) is 14.9 Å². The Labute approximate surface area is 143 Å². The molecule has 0 aliphatic carbocycles. The number of phenolic OH excluding ortho intramolecular Hbond substituents is 1. The van der Waals surface area contributed by atoms with Crippen LogP contribution in [0.15, 0.2) is 47.6 Å². The van der Waals surface area contributed by atoms with Gasteiger partial charge in [-0.1, -0.05) is 18.2 Å². The van der Waals surface area contributed by atoms with Crippen molar-refractivity contribution < 1.29 is 19.6 Å². The third kappa shape index (κ3) is 4.93. The molecule has 0 saturated heterocycles. The molecule has 25 heavy (non-hydrogen) atoms. The van der Waals surface area contributed by atoms with Gasteiger partial charge in [-0.05, 0) is 18.2 Å². The number of benzene rings is 2. The van der Waals surface area contributed by atoms with E-state index in [-0.39, 0.29) is 17.9 Å². The molecule has 2 rings (SSSR count). The van der Waals surface area contributed by atoms with Gasteiger partial charge in [-0.2, -0.15) is 5.10 Å². The average Bonchev–Trinajstić information content (AvgIpc) is 2.62. The van der Waals surface area contributed by atoms with Crippen LogP contribution in [0.2, 0.25) is 0 Å². The number of carbonyl (C=O) groups excluding carboxylic acids is 1. The van der Waals surface area contributed by atoms with E-state index in [4.69, 9.17) is 4.74 Å². The molecule has 2 aromatic rings. The Morgan fingerprint density at radius 1 is 1.36 bits per heavy atom. The molecule has 9 heteroatoms. The molecule has 0 saturated carbocycles. The van der Waals surface area contributed by atoms with Gasteiger partial charge in [-0.25, -0.2) is 5.43 Å². The van der Waals surface area contributed by atoms with E-state index in [2.05, 4.69) is 15.8 Å². The molecule has 9 nitrogen and oxygen atoms in total. The minimum atomic E-state index is -0.739. The van der Waals surface area contributed by atoms with Gasteiger partial charge in [-0.15, -0.1) is 0 Å². The van der Waals surface area contributed by atoms with Crippen molar-refractivity contribution >= 4 is 23.5 Å². The van der Waals surface area contributed by atoms with Crippen molar-refractivity contribution in [1.29, 1.82) is 0 Å². The zero-order chi connectivity index (χ0) is 18.2. The van der Waals surface area contributed by atoms with Crippen molar-refractivity contribution in [3.8, 4) is 11.5 Å². The SMILES string of the molecule is COc1cc(/C=N\NC(=O)CNc2ccccc2)c(O)c([N+](=O)[O-])c1. The minimum absolute atomic E-state index is 0.00834. The molecule has 3 N–H and O–H groups in total. The second-order valence-corrected chi connectivity index (χ2v) is 4.85. The van der Waals surface area contributed by atoms with E-state index in [1.807, 2.05) is 30.3 Å². The van der Waals surface area contributed by atoms with Crippen molar-refractivity contribution in [2.24, 2.45) is 5.10 Å². The number of anilines is 1. The van der Waals surface area contributed by atoms with Gasteiger partial charge in [0.05, 0.1) is 30.9 Å². The molecular formula is C16H16N4O5. The number of nitrogens with zero attached hydrogens (tertiary/aromatic N) is 2. The first kappa shape index (κ1) is 17.7. The number of nitro benzene ring substituents is 1. The standard InChI is InChI=1S/C16H16N4O5/c1-25-13-7-11(16(22)14(8-13)20(23)24)9-18-19-15(21)10-17-12-5-3-2-4-6-12/h2-9,17,22H,10H2,1H3,(H,19,21)/b18-9-. The molecule has 0 aromatic heterocycles. The highest BCUT2D eigenvalue weighted by molar-refractivity contribution is 5.88. The number of aromatic hydroxyl groups is 1. The van der Waals surface area contributed by atoms with Crippen LogP contribution in [0.5, 0.6) is 11.5 Å². The zero-order valence-electron chi connectivity index (χ0n) is 13.3. The largest absolute Gasteiger partial charge is 0.502 e. The molecule has 0 bridgehead atoms. The van der Waals surface area contributed by atoms with Gasteiger partial charge < -0.3 is 15.2 Å². The number of nitrogens with one attached hydrogen (secondary N) is 2. The fourth-order valence-electron chi connectivity index (χ4n) is 1.92. The molecule has 2 aromatic carbocycles. The van der Waals surface area contributed by atoms with Crippen molar-refractivity contribution in [3.05, 3.63) is 58.1 Å². The Morgan fingerprint density at radius 3 is 2.72 bits per heavy atom. The highest BCUT2D eigenvalue weighted by Gasteiger charge is 2.18. The minimum Gasteiger partial charge on any atom is -0.502 e. The first-order valence-electron chi connectivity index (χ1n) is 7.17. The Hall–Kier alpha value is -3.62. The molecular weight excluding hydrogens is 328 g/mol. The number of carbonyl (C=O) groups is 1. The molecule has 0 unspecified atom stereocenters. The molecule has 0 heterocycles. The molecule has 0 fully saturated rings. The lowest BCUT2D eigenvalue weighted by molar-refractivity contribution is -0.385. The number of para-hydroxylation sites is 1. The van der Waals surface area contributed by atoms with Gasteiger partial charge in [0.25, 0.3) is 5.91 Å². The number of rotatable bonds is 7. The van der Waals surface area contributed by atoms with E-state index in [0.717, 1.165) is 18.0 Å². The summed E-state index contributed by atoms with van der Waals surface area (Å²) >= 11 is 0. The van der Waals surface area contributed by atoms with Crippen molar-refractivity contribution in [1.82, 2.24) is 5.43 Å². The van der Waals surface area contributed by atoms with E-state index >= 15 is 0 Å². The summed E-state index contributed by atoms with van der Waals surface area (Å²) in [4.78, 5) is 21.9. The van der Waals surface area contributed by atoms with Crippen LogP contribution in [0, 0.1) is 10.1 Å². The van der Waals surface area contributed by atoms with E-state index in [9.17, 15) is 20.0 Å². The summed E-state index contributed by atoms with van der Waals surface area (Å²) in [7, 11) is 1.34. The van der Waals surface area contributed by atoms with Crippen LogP contribution in [0.3, 0.4) is 0 Å². The smallest absolute Gasteiger partial charge is 0.315 e. The van der Waals surface area contributed by atoms with E-state index in [1.165, 1.54) is 13.2 Å². The van der Waals surface area contributed by atoms with E-state index < -0.39 is 22.3 Å². The Bertz CT molecular complexity index is 793. The maximum atomic E-state index is 11.7. The predicted octanol–water partition coefficient (Wildman–Crippen LogP) is 1.87. The normalized spacial score (nSPS) is 10.4. The molecule has 1 amide bonds. The van der Waals surface area contributed by atoms with Crippen LogP contribution in [0.1, 0.15) is 5.56 Å². The maximum Gasteiger partial charge on any atom is 0.315 e. The van der Waals surface area contributed by atoms with Gasteiger partial charge in [0.1, 0.15) is 5.75 Å². The Balaban J connectivity index is 2.00. The molecule has 0 radical (unpaired) electrons. The molecule has 0 aliphatic heterocycles. The fraction of sp³-hybridized carbons (Fsp3) is 0.125. The summed E-state index contributed by atoms with van der Waals surface area (Å²) in [5.41, 5.74) is 2.57. The van der Waals surface area contributed by atoms with Gasteiger partial charge in [0.2, 0.25) is 5.75 Å². The Kier molecular flexibility index (Phi) is 5.88. The first-order valence-corrected chi connectivity index (χ1v) is 7.17. The third-order valence-electron chi connectivity index (χ3n) is 3.14. The van der Waals surface area contributed by atoms with Crippen LogP contribution in [-0.2, 0) is 4.79 Å². The second-order valence-electron chi connectivity index (χ2n) is 4.85. The number of ether oxygens (including phenoxy) is 1. The summed E-state index contributed by atoms with van der Waals surface area (Å²) in [6, 6.07) is 11.6. The summed E-state index contributed by atoms with van der Waals surface area (Å²) in [5, 5.41) is 27.4. The van der Waals surface area contributed by atoms with Gasteiger partial charge in [0, 0.05) is 11.3 Å². The highest BCUT2D eigenvalue weighted by atomic mass is 16.6. The third-order valence-corrected chi connectivity index (χ3v) is 3.14. The van der Waals surface area contributed by atoms with Crippen LogP contribution in [-0.4, -0.2) is 35.8 Å². The second kappa shape index (κ2) is 8.29. The van der Waals surface area contributed by atoms with Crippen LogP contribution < -0.4 is 15.5 Å². The van der Waals surface area contributed by atoms with Crippen molar-refractivity contribution in [3.63, 3.8) is 0 Å². The fourth-order valence-corrected chi connectivity index (χ4v) is 1.92. The molecule has 0 aliphatic rings. The summed E-state index contributed by atoms with van der Waals surface area (Å²) in [5.74, 6) is -0.800. The lowest BCUT2D eigenvalue weighted by Crippen LogP contribution is -2.25. The summed E-state index contributed by atoms with van der Waals surface area (Å²) in [6.45, 7) is -0.00834. The lowest BCUT2D eigenvalue weighted by atomic mass is 10.1. The Morgan fingerprint density at radius 2 is 2.08 bits per heavy atom. The lowest BCUT2D eigenvalue weighted by Gasteiger charge is -2.06. The van der Waals surface area contributed by atoms with Crippen LogP contribution >= 0.6 is 0 Å². The van der Waals surface area contributed by atoms with Crippen LogP contribution in [0.25, 0.3) is 0 Å². The van der Waals surface area contributed by atoms with Crippen molar-refractivity contribution in [2.45, 2.75) is 0 Å². The number of phenols is 1. The number of nitro groups is 1. The summed E-state index contributed by atoms with van der Waals surface area (Å²) < 4.78 is 4.94. The number of methoxy groups -OCH3 is 1. The molecule has 130 valence electrons. The monoisotopic (exact) mass is 344 g/mol. The van der Waals surface area contributed by atoms with Gasteiger partial charge in [0.15, 0.2) is 0 Å².